The number of carboxylic acid groups (broad SMARTS) is 1. The Balaban J connectivity index is 0.000000221. The van der Waals surface area contributed by atoms with Crippen LogP contribution in [0.1, 0.15) is 58.9 Å². The van der Waals surface area contributed by atoms with Gasteiger partial charge in [0.1, 0.15) is 0 Å². The molecule has 0 amide bonds. The highest BCUT2D eigenvalue weighted by atomic mass is 16.4. The van der Waals surface area contributed by atoms with Crippen molar-refractivity contribution in [3.05, 3.63) is 29.8 Å². The van der Waals surface area contributed by atoms with Gasteiger partial charge < -0.3 is 10.4 Å². The predicted octanol–water partition coefficient (Wildman–Crippen LogP) is 4.43. The van der Waals surface area contributed by atoms with E-state index < -0.39 is 5.97 Å². The second-order valence-corrected chi connectivity index (χ2v) is 5.98. The molecular weight excluding hydrogens is 250 g/mol. The maximum Gasteiger partial charge on any atom is 0.303 e. The first-order valence-electron chi connectivity index (χ1n) is 7.47. The van der Waals surface area contributed by atoms with Crippen molar-refractivity contribution in [2.45, 2.75) is 64.8 Å². The zero-order chi connectivity index (χ0) is 15.2. The number of fused-ring (bicyclic) bond motifs is 1. The highest BCUT2D eigenvalue weighted by molar-refractivity contribution is 5.66. The Morgan fingerprint density at radius 2 is 1.95 bits per heavy atom. The Morgan fingerprint density at radius 3 is 2.50 bits per heavy atom. The molecule has 1 aliphatic heterocycles. The molecule has 1 aromatic rings. The van der Waals surface area contributed by atoms with Crippen molar-refractivity contribution in [3.8, 4) is 0 Å². The monoisotopic (exact) mass is 277 g/mol. The summed E-state index contributed by atoms with van der Waals surface area (Å²) in [5.41, 5.74) is 3.02. The molecule has 1 heterocycles. The molecule has 1 aliphatic rings. The van der Waals surface area contributed by atoms with E-state index in [1.54, 1.807) is 0 Å². The number of hydrogen-bond acceptors (Lipinski definition) is 2. The fraction of sp³-hybridized carbons (Fsp3) is 0.588. The number of carboxylic acids is 1. The first-order valence-corrected chi connectivity index (χ1v) is 7.47. The molecule has 112 valence electrons. The minimum absolute atomic E-state index is 0.274. The quantitative estimate of drug-likeness (QED) is 0.800. The van der Waals surface area contributed by atoms with E-state index in [2.05, 4.69) is 57.3 Å². The number of nitrogens with one attached hydrogen (secondary N) is 1. The highest BCUT2D eigenvalue weighted by Crippen LogP contribution is 2.39. The molecule has 0 aromatic heterocycles. The molecule has 20 heavy (non-hydrogen) atoms. The predicted molar refractivity (Wildman–Crippen MR) is 84.3 cm³/mol. The fourth-order valence-electron chi connectivity index (χ4n) is 2.34. The van der Waals surface area contributed by atoms with E-state index in [4.69, 9.17) is 5.11 Å². The number of carbonyl (C=O) groups is 1. The molecular formula is C17H27NO2. The topological polar surface area (TPSA) is 49.3 Å². The van der Waals surface area contributed by atoms with Crippen LogP contribution in [0.3, 0.4) is 0 Å². The lowest BCUT2D eigenvalue weighted by atomic mass is 9.81. The third kappa shape index (κ3) is 4.26. The summed E-state index contributed by atoms with van der Waals surface area (Å²) in [5.74, 6) is -0.682. The maximum absolute atomic E-state index is 9.87. The number of para-hydroxylation sites is 1. The average Bonchev–Trinajstić information content (AvgIpc) is 2.62. The SMILES string of the molecule is CC1Nc2ccccc2C1(C)C.CCCCCC(=O)O. The van der Waals surface area contributed by atoms with Crippen molar-refractivity contribution in [1.82, 2.24) is 0 Å². The first kappa shape index (κ1) is 16.5. The normalized spacial score (nSPS) is 18.5. The van der Waals surface area contributed by atoms with Crippen LogP contribution in [-0.4, -0.2) is 17.1 Å². The van der Waals surface area contributed by atoms with Crippen LogP contribution in [-0.2, 0) is 10.2 Å². The Hall–Kier alpha value is -1.51. The Bertz CT molecular complexity index is 440. The summed E-state index contributed by atoms with van der Waals surface area (Å²) >= 11 is 0. The summed E-state index contributed by atoms with van der Waals surface area (Å²) in [7, 11) is 0. The highest BCUT2D eigenvalue weighted by Gasteiger charge is 2.35. The molecule has 1 aromatic carbocycles. The molecule has 0 bridgehead atoms. The van der Waals surface area contributed by atoms with Crippen molar-refractivity contribution >= 4 is 11.7 Å². The maximum atomic E-state index is 9.87. The lowest BCUT2D eigenvalue weighted by Crippen LogP contribution is -2.29. The molecule has 3 heteroatoms. The van der Waals surface area contributed by atoms with Crippen LogP contribution in [0.15, 0.2) is 24.3 Å². The Labute approximate surface area is 122 Å². The van der Waals surface area contributed by atoms with E-state index in [0.29, 0.717) is 12.5 Å². The number of unbranched alkanes of at least 4 members (excludes halogenated alkanes) is 2. The van der Waals surface area contributed by atoms with Crippen LogP contribution in [0.25, 0.3) is 0 Å². The summed E-state index contributed by atoms with van der Waals surface area (Å²) in [6.07, 6.45) is 3.28. The van der Waals surface area contributed by atoms with Gasteiger partial charge in [-0.15, -0.1) is 0 Å². The smallest absolute Gasteiger partial charge is 0.303 e. The van der Waals surface area contributed by atoms with Crippen LogP contribution in [0, 0.1) is 0 Å². The molecule has 0 spiro atoms. The molecule has 0 saturated carbocycles. The van der Waals surface area contributed by atoms with Crippen molar-refractivity contribution in [3.63, 3.8) is 0 Å². The summed E-state index contributed by atoms with van der Waals surface area (Å²) in [5, 5.41) is 11.6. The second-order valence-electron chi connectivity index (χ2n) is 5.98. The fourth-order valence-corrected chi connectivity index (χ4v) is 2.34. The van der Waals surface area contributed by atoms with E-state index in [-0.39, 0.29) is 5.41 Å². The lowest BCUT2D eigenvalue weighted by Gasteiger charge is -2.23. The Kier molecular flexibility index (Phi) is 6.05. The number of aliphatic carboxylic acids is 1. The van der Waals surface area contributed by atoms with Gasteiger partial charge in [0.25, 0.3) is 0 Å². The molecule has 3 nitrogen and oxygen atoms in total. The van der Waals surface area contributed by atoms with E-state index >= 15 is 0 Å². The van der Waals surface area contributed by atoms with Crippen LogP contribution in [0.4, 0.5) is 5.69 Å². The average molecular weight is 277 g/mol. The van der Waals surface area contributed by atoms with Crippen LogP contribution >= 0.6 is 0 Å². The minimum atomic E-state index is -0.682. The van der Waals surface area contributed by atoms with Gasteiger partial charge in [-0.1, -0.05) is 51.8 Å². The van der Waals surface area contributed by atoms with Gasteiger partial charge in [-0.25, -0.2) is 0 Å². The second kappa shape index (κ2) is 7.32. The van der Waals surface area contributed by atoms with Crippen molar-refractivity contribution in [2.75, 3.05) is 5.32 Å². The third-order valence-corrected chi connectivity index (χ3v) is 4.07. The van der Waals surface area contributed by atoms with E-state index in [0.717, 1.165) is 19.3 Å². The van der Waals surface area contributed by atoms with Gasteiger partial charge in [-0.2, -0.15) is 0 Å². The van der Waals surface area contributed by atoms with E-state index in [9.17, 15) is 4.79 Å². The molecule has 1 unspecified atom stereocenters. The molecule has 0 fully saturated rings. The van der Waals surface area contributed by atoms with Crippen LogP contribution < -0.4 is 5.32 Å². The van der Waals surface area contributed by atoms with Gasteiger partial charge in [0.05, 0.1) is 0 Å². The van der Waals surface area contributed by atoms with Crippen molar-refractivity contribution in [1.29, 1.82) is 0 Å². The molecule has 0 aliphatic carbocycles. The molecule has 0 radical (unpaired) electrons. The van der Waals surface area contributed by atoms with Crippen LogP contribution in [0.2, 0.25) is 0 Å². The van der Waals surface area contributed by atoms with Gasteiger partial charge in [0.2, 0.25) is 0 Å². The summed E-state index contributed by atoms with van der Waals surface area (Å²) < 4.78 is 0. The summed E-state index contributed by atoms with van der Waals surface area (Å²) in [6.45, 7) is 8.87. The zero-order valence-corrected chi connectivity index (χ0v) is 13.1. The molecule has 0 saturated heterocycles. The van der Waals surface area contributed by atoms with Crippen molar-refractivity contribution in [2.24, 2.45) is 0 Å². The zero-order valence-electron chi connectivity index (χ0n) is 13.1. The number of rotatable bonds is 4. The van der Waals surface area contributed by atoms with Gasteiger partial charge in [0.15, 0.2) is 0 Å². The minimum Gasteiger partial charge on any atom is -0.481 e. The van der Waals surface area contributed by atoms with E-state index in [1.165, 1.54) is 11.3 Å². The standard InChI is InChI=1S/C11H15N.C6H12O2/c1-8-11(2,3)9-6-4-5-7-10(9)12-8;1-2-3-4-5-6(7)8/h4-8,12H,1-3H3;2-5H2,1H3,(H,7,8). The lowest BCUT2D eigenvalue weighted by molar-refractivity contribution is -0.137. The number of benzene rings is 1. The van der Waals surface area contributed by atoms with Crippen molar-refractivity contribution < 1.29 is 9.90 Å². The van der Waals surface area contributed by atoms with E-state index in [1.807, 2.05) is 0 Å². The van der Waals surface area contributed by atoms with Gasteiger partial charge in [-0.05, 0) is 25.0 Å². The van der Waals surface area contributed by atoms with Crippen LogP contribution in [0.5, 0.6) is 0 Å². The molecule has 1 atom stereocenters. The number of hydrogen-bond donors (Lipinski definition) is 2. The number of anilines is 1. The molecule has 2 N–H and O–H groups in total. The van der Waals surface area contributed by atoms with Gasteiger partial charge in [0, 0.05) is 23.6 Å². The summed E-state index contributed by atoms with van der Waals surface area (Å²) in [4.78, 5) is 9.87. The molecule has 2 rings (SSSR count). The largest absolute Gasteiger partial charge is 0.481 e. The first-order chi connectivity index (χ1) is 9.39. The van der Waals surface area contributed by atoms with Gasteiger partial charge in [-0.3, -0.25) is 4.79 Å². The third-order valence-electron chi connectivity index (χ3n) is 4.07. The summed E-state index contributed by atoms with van der Waals surface area (Å²) in [6, 6.07) is 9.10. The Morgan fingerprint density at radius 1 is 1.30 bits per heavy atom. The van der Waals surface area contributed by atoms with Gasteiger partial charge >= 0.3 is 5.97 Å².